The summed E-state index contributed by atoms with van der Waals surface area (Å²) in [5.41, 5.74) is 2.99. The van der Waals surface area contributed by atoms with Crippen LogP contribution in [0.4, 0.5) is 0 Å². The van der Waals surface area contributed by atoms with Crippen molar-refractivity contribution in [2.45, 2.75) is 32.3 Å². The van der Waals surface area contributed by atoms with E-state index in [1.54, 1.807) is 26.4 Å². The Hall–Kier alpha value is -2.00. The largest absolute Gasteiger partial charge is 0.493 e. The Labute approximate surface area is 132 Å². The Morgan fingerprint density at radius 3 is 1.86 bits per heavy atom. The molecule has 0 heterocycles. The summed E-state index contributed by atoms with van der Waals surface area (Å²) in [5, 5.41) is 10.6. The lowest BCUT2D eigenvalue weighted by Gasteiger charge is -2.20. The summed E-state index contributed by atoms with van der Waals surface area (Å²) >= 11 is 0. The minimum atomic E-state index is -0.686. The van der Waals surface area contributed by atoms with Crippen molar-refractivity contribution in [2.75, 3.05) is 14.2 Å². The van der Waals surface area contributed by atoms with Gasteiger partial charge in [-0.2, -0.15) is 0 Å². The zero-order valence-corrected chi connectivity index (χ0v) is 13.9. The lowest BCUT2D eigenvalue weighted by Crippen LogP contribution is -2.11. The maximum absolute atomic E-state index is 10.6. The summed E-state index contributed by atoms with van der Waals surface area (Å²) < 4.78 is 10.5. The molecule has 2 aromatic rings. The molecule has 0 saturated carbocycles. The van der Waals surface area contributed by atoms with Crippen molar-refractivity contribution in [2.24, 2.45) is 0 Å². The van der Waals surface area contributed by atoms with Gasteiger partial charge in [-0.3, -0.25) is 0 Å². The molecule has 1 N–H and O–H groups in total. The molecule has 3 heteroatoms. The number of aliphatic hydroxyl groups excluding tert-OH is 1. The van der Waals surface area contributed by atoms with Crippen LogP contribution >= 0.6 is 0 Å². The topological polar surface area (TPSA) is 38.7 Å². The van der Waals surface area contributed by atoms with Crippen molar-refractivity contribution in [1.82, 2.24) is 0 Å². The maximum Gasteiger partial charge on any atom is 0.161 e. The van der Waals surface area contributed by atoms with Gasteiger partial charge in [0.05, 0.1) is 14.2 Å². The van der Waals surface area contributed by atoms with Crippen LogP contribution in [0.1, 0.15) is 43.6 Å². The second-order valence-electron chi connectivity index (χ2n) is 6.39. The summed E-state index contributed by atoms with van der Waals surface area (Å²) in [6, 6.07) is 13.5. The average Bonchev–Trinajstić information content (AvgIpc) is 2.52. The number of aliphatic hydroxyl groups is 1. The fraction of sp³-hybridized carbons (Fsp3) is 0.368. The van der Waals surface area contributed by atoms with Gasteiger partial charge >= 0.3 is 0 Å². The Morgan fingerprint density at radius 1 is 0.818 bits per heavy atom. The molecule has 0 radical (unpaired) electrons. The summed E-state index contributed by atoms with van der Waals surface area (Å²) in [5.74, 6) is 1.27. The summed E-state index contributed by atoms with van der Waals surface area (Å²) in [4.78, 5) is 0. The molecule has 0 bridgehead atoms. The molecule has 22 heavy (non-hydrogen) atoms. The Balaban J connectivity index is 2.30. The highest BCUT2D eigenvalue weighted by molar-refractivity contribution is 5.45. The normalized spacial score (nSPS) is 12.8. The molecular weight excluding hydrogens is 276 g/mol. The van der Waals surface area contributed by atoms with Crippen molar-refractivity contribution in [3.8, 4) is 11.5 Å². The molecule has 0 aliphatic carbocycles. The monoisotopic (exact) mass is 300 g/mol. The van der Waals surface area contributed by atoms with Crippen molar-refractivity contribution < 1.29 is 14.6 Å². The molecule has 1 unspecified atom stereocenters. The van der Waals surface area contributed by atoms with E-state index in [0.29, 0.717) is 11.5 Å². The Bertz CT molecular complexity index is 624. The Kier molecular flexibility index (Phi) is 4.77. The van der Waals surface area contributed by atoms with Gasteiger partial charge in [-0.05, 0) is 34.2 Å². The first-order chi connectivity index (χ1) is 10.4. The molecule has 2 aromatic carbocycles. The van der Waals surface area contributed by atoms with Crippen LogP contribution in [0.3, 0.4) is 0 Å². The fourth-order valence-electron chi connectivity index (χ4n) is 2.38. The molecule has 0 amide bonds. The molecule has 0 saturated heterocycles. The quantitative estimate of drug-likeness (QED) is 0.924. The molecule has 3 nitrogen and oxygen atoms in total. The predicted molar refractivity (Wildman–Crippen MR) is 88.7 cm³/mol. The molecule has 0 aliphatic rings. The van der Waals surface area contributed by atoms with Gasteiger partial charge in [-0.15, -0.1) is 0 Å². The standard InChI is InChI=1S/C19H24O3/c1-19(2,3)15-9-6-13(7-10-15)18(20)14-8-11-16(21-4)17(12-14)22-5/h6-12,18,20H,1-5H3. The van der Waals surface area contributed by atoms with Crippen LogP contribution in [0.2, 0.25) is 0 Å². The van der Waals surface area contributed by atoms with Gasteiger partial charge in [0.2, 0.25) is 0 Å². The fourth-order valence-corrected chi connectivity index (χ4v) is 2.38. The number of rotatable bonds is 4. The highest BCUT2D eigenvalue weighted by atomic mass is 16.5. The van der Waals surface area contributed by atoms with Crippen LogP contribution in [0.5, 0.6) is 11.5 Å². The molecule has 1 atom stereocenters. The van der Waals surface area contributed by atoms with Crippen LogP contribution in [0.25, 0.3) is 0 Å². The van der Waals surface area contributed by atoms with E-state index in [2.05, 4.69) is 32.9 Å². The van der Waals surface area contributed by atoms with Crippen LogP contribution in [0, 0.1) is 0 Å². The summed E-state index contributed by atoms with van der Waals surface area (Å²) in [6.45, 7) is 6.52. The number of hydrogen-bond donors (Lipinski definition) is 1. The first-order valence-corrected chi connectivity index (χ1v) is 7.37. The Morgan fingerprint density at radius 2 is 1.36 bits per heavy atom. The third-order valence-corrected chi connectivity index (χ3v) is 3.82. The average molecular weight is 300 g/mol. The van der Waals surface area contributed by atoms with Crippen LogP contribution in [-0.4, -0.2) is 19.3 Å². The van der Waals surface area contributed by atoms with Gasteiger partial charge in [0.25, 0.3) is 0 Å². The molecule has 2 rings (SSSR count). The molecule has 0 spiro atoms. The van der Waals surface area contributed by atoms with Crippen molar-refractivity contribution in [3.63, 3.8) is 0 Å². The zero-order chi connectivity index (χ0) is 16.3. The first kappa shape index (κ1) is 16.4. The molecule has 0 aliphatic heterocycles. The zero-order valence-electron chi connectivity index (χ0n) is 13.9. The van der Waals surface area contributed by atoms with Crippen molar-refractivity contribution >= 4 is 0 Å². The third kappa shape index (κ3) is 3.42. The SMILES string of the molecule is COc1ccc(C(O)c2ccc(C(C)(C)C)cc2)cc1OC. The van der Waals surface area contributed by atoms with Gasteiger partial charge < -0.3 is 14.6 Å². The van der Waals surface area contributed by atoms with E-state index in [0.717, 1.165) is 11.1 Å². The summed E-state index contributed by atoms with van der Waals surface area (Å²) in [6.07, 6.45) is -0.686. The second-order valence-corrected chi connectivity index (χ2v) is 6.39. The molecule has 0 fully saturated rings. The van der Waals surface area contributed by atoms with E-state index in [4.69, 9.17) is 9.47 Å². The number of ether oxygens (including phenoxy) is 2. The first-order valence-electron chi connectivity index (χ1n) is 7.37. The van der Waals surface area contributed by atoms with Crippen LogP contribution in [-0.2, 0) is 5.41 Å². The van der Waals surface area contributed by atoms with Gasteiger partial charge in [0.15, 0.2) is 11.5 Å². The van der Waals surface area contributed by atoms with E-state index >= 15 is 0 Å². The number of hydrogen-bond acceptors (Lipinski definition) is 3. The molecular formula is C19H24O3. The van der Waals surface area contributed by atoms with Crippen LogP contribution < -0.4 is 9.47 Å². The third-order valence-electron chi connectivity index (χ3n) is 3.82. The van der Waals surface area contributed by atoms with Gasteiger partial charge in [-0.25, -0.2) is 0 Å². The van der Waals surface area contributed by atoms with Gasteiger partial charge in [0, 0.05) is 0 Å². The van der Waals surface area contributed by atoms with E-state index in [-0.39, 0.29) is 5.41 Å². The molecule has 118 valence electrons. The maximum atomic E-state index is 10.6. The predicted octanol–water partition coefficient (Wildman–Crippen LogP) is 4.08. The minimum Gasteiger partial charge on any atom is -0.493 e. The van der Waals surface area contributed by atoms with E-state index < -0.39 is 6.10 Å². The number of benzene rings is 2. The summed E-state index contributed by atoms with van der Waals surface area (Å²) in [7, 11) is 3.19. The smallest absolute Gasteiger partial charge is 0.161 e. The lowest BCUT2D eigenvalue weighted by atomic mass is 9.86. The highest BCUT2D eigenvalue weighted by Crippen LogP contribution is 2.32. The van der Waals surface area contributed by atoms with Crippen molar-refractivity contribution in [3.05, 3.63) is 59.2 Å². The molecule has 0 aromatic heterocycles. The van der Waals surface area contributed by atoms with Crippen LogP contribution in [0.15, 0.2) is 42.5 Å². The second kappa shape index (κ2) is 6.41. The minimum absolute atomic E-state index is 0.104. The lowest BCUT2D eigenvalue weighted by molar-refractivity contribution is 0.219. The highest BCUT2D eigenvalue weighted by Gasteiger charge is 2.16. The van der Waals surface area contributed by atoms with Gasteiger partial charge in [0.1, 0.15) is 6.10 Å². The van der Waals surface area contributed by atoms with E-state index in [9.17, 15) is 5.11 Å². The van der Waals surface area contributed by atoms with E-state index in [1.807, 2.05) is 18.2 Å². The van der Waals surface area contributed by atoms with Crippen molar-refractivity contribution in [1.29, 1.82) is 0 Å². The van der Waals surface area contributed by atoms with E-state index in [1.165, 1.54) is 5.56 Å². The van der Waals surface area contributed by atoms with Gasteiger partial charge in [-0.1, -0.05) is 51.1 Å². The number of methoxy groups -OCH3 is 2.